The second-order valence-electron chi connectivity index (χ2n) is 5.94. The van der Waals surface area contributed by atoms with Crippen LogP contribution in [-0.4, -0.2) is 20.9 Å². The summed E-state index contributed by atoms with van der Waals surface area (Å²) in [5, 5.41) is 13.8. The number of carboxylic acids is 1. The SMILES string of the molecule is Cn1ccc(C#Cc2cc(Cl)cc(COc3ccccc3CC(=O)O)c2)n1. The summed E-state index contributed by atoms with van der Waals surface area (Å²) in [5.74, 6) is 5.68. The number of aliphatic carboxylic acids is 1. The number of aryl methyl sites for hydroxylation is 1. The molecular formula is C21H17ClN2O3. The highest BCUT2D eigenvalue weighted by atomic mass is 35.5. The standard InChI is InChI=1S/C21H17ClN2O3/c1-24-9-8-19(23-24)7-6-15-10-16(12-18(22)11-15)14-27-20-5-3-2-4-17(20)13-21(25)26/h2-5,8-12H,13-14H2,1H3,(H,25,26). The summed E-state index contributed by atoms with van der Waals surface area (Å²) in [4.78, 5) is 11.0. The van der Waals surface area contributed by atoms with Crippen molar-refractivity contribution >= 4 is 17.6 Å². The highest BCUT2D eigenvalue weighted by Crippen LogP contribution is 2.21. The van der Waals surface area contributed by atoms with Crippen LogP contribution < -0.4 is 4.74 Å². The minimum absolute atomic E-state index is 0.0908. The number of aromatic nitrogens is 2. The maximum Gasteiger partial charge on any atom is 0.307 e. The fourth-order valence-corrected chi connectivity index (χ4v) is 2.80. The van der Waals surface area contributed by atoms with Gasteiger partial charge in [-0.05, 0) is 41.8 Å². The Balaban J connectivity index is 1.76. The van der Waals surface area contributed by atoms with E-state index in [1.165, 1.54) is 0 Å². The van der Waals surface area contributed by atoms with Crippen LogP contribution >= 0.6 is 11.6 Å². The van der Waals surface area contributed by atoms with Gasteiger partial charge in [0.15, 0.2) is 0 Å². The van der Waals surface area contributed by atoms with Gasteiger partial charge in [-0.15, -0.1) is 0 Å². The average Bonchev–Trinajstić information content (AvgIpc) is 3.04. The normalized spacial score (nSPS) is 10.1. The number of rotatable bonds is 5. The van der Waals surface area contributed by atoms with Crippen LogP contribution in [0, 0.1) is 11.8 Å². The van der Waals surface area contributed by atoms with Gasteiger partial charge in [0.2, 0.25) is 0 Å². The molecule has 0 bridgehead atoms. The lowest BCUT2D eigenvalue weighted by molar-refractivity contribution is -0.136. The van der Waals surface area contributed by atoms with Gasteiger partial charge in [0.05, 0.1) is 6.42 Å². The Morgan fingerprint density at radius 2 is 2.04 bits per heavy atom. The van der Waals surface area contributed by atoms with E-state index in [4.69, 9.17) is 21.4 Å². The van der Waals surface area contributed by atoms with Gasteiger partial charge < -0.3 is 9.84 Å². The number of carbonyl (C=O) groups is 1. The number of hydrogen-bond donors (Lipinski definition) is 1. The molecule has 0 aliphatic heterocycles. The molecule has 1 heterocycles. The van der Waals surface area contributed by atoms with Gasteiger partial charge in [-0.25, -0.2) is 0 Å². The summed E-state index contributed by atoms with van der Waals surface area (Å²) in [7, 11) is 1.84. The van der Waals surface area contributed by atoms with Crippen molar-refractivity contribution in [2.75, 3.05) is 0 Å². The van der Waals surface area contributed by atoms with Crippen LogP contribution in [0.1, 0.15) is 22.4 Å². The molecule has 6 heteroatoms. The zero-order valence-electron chi connectivity index (χ0n) is 14.6. The van der Waals surface area contributed by atoms with E-state index in [1.54, 1.807) is 35.0 Å². The van der Waals surface area contributed by atoms with E-state index in [1.807, 2.05) is 31.4 Å². The van der Waals surface area contributed by atoms with Crippen molar-refractivity contribution in [2.24, 2.45) is 7.05 Å². The fraction of sp³-hybridized carbons (Fsp3) is 0.143. The Bertz CT molecular complexity index is 1030. The Morgan fingerprint density at radius 3 is 2.78 bits per heavy atom. The lowest BCUT2D eigenvalue weighted by Gasteiger charge is -2.11. The topological polar surface area (TPSA) is 64.3 Å². The maximum absolute atomic E-state index is 11.0. The molecule has 0 saturated heterocycles. The van der Waals surface area contributed by atoms with E-state index >= 15 is 0 Å². The molecule has 3 aromatic rings. The van der Waals surface area contributed by atoms with Gasteiger partial charge in [-0.2, -0.15) is 5.10 Å². The summed E-state index contributed by atoms with van der Waals surface area (Å²) in [5.41, 5.74) is 2.91. The average molecular weight is 381 g/mol. The first-order valence-electron chi connectivity index (χ1n) is 8.23. The fourth-order valence-electron chi connectivity index (χ4n) is 2.54. The van der Waals surface area contributed by atoms with E-state index in [0.29, 0.717) is 22.0 Å². The molecule has 0 saturated carbocycles. The van der Waals surface area contributed by atoms with Crippen molar-refractivity contribution in [1.29, 1.82) is 0 Å². The number of carboxylic acid groups (broad SMARTS) is 1. The Hall–Kier alpha value is -3.23. The van der Waals surface area contributed by atoms with Crippen LogP contribution in [0.4, 0.5) is 0 Å². The molecule has 0 spiro atoms. The van der Waals surface area contributed by atoms with Gasteiger partial charge in [-0.1, -0.05) is 35.7 Å². The zero-order valence-corrected chi connectivity index (χ0v) is 15.4. The number of halogens is 1. The lowest BCUT2D eigenvalue weighted by atomic mass is 10.1. The number of nitrogens with zero attached hydrogens (tertiary/aromatic N) is 2. The summed E-state index contributed by atoms with van der Waals surface area (Å²) < 4.78 is 7.50. The smallest absolute Gasteiger partial charge is 0.307 e. The van der Waals surface area contributed by atoms with Crippen LogP contribution in [0.3, 0.4) is 0 Å². The second-order valence-corrected chi connectivity index (χ2v) is 6.38. The molecule has 1 aromatic heterocycles. The minimum atomic E-state index is -0.902. The molecule has 0 unspecified atom stereocenters. The Morgan fingerprint density at radius 1 is 1.22 bits per heavy atom. The Labute approximate surface area is 162 Å². The number of hydrogen-bond acceptors (Lipinski definition) is 3. The van der Waals surface area contributed by atoms with Gasteiger partial charge in [0.25, 0.3) is 0 Å². The van der Waals surface area contributed by atoms with Crippen molar-refractivity contribution in [3.8, 4) is 17.6 Å². The third-order valence-electron chi connectivity index (χ3n) is 3.71. The van der Waals surface area contributed by atoms with Crippen molar-refractivity contribution in [3.63, 3.8) is 0 Å². The third kappa shape index (κ3) is 5.37. The molecule has 27 heavy (non-hydrogen) atoms. The molecular weight excluding hydrogens is 364 g/mol. The van der Waals surface area contributed by atoms with Crippen LogP contribution in [0.25, 0.3) is 0 Å². The molecule has 0 atom stereocenters. The highest BCUT2D eigenvalue weighted by Gasteiger charge is 2.08. The molecule has 0 fully saturated rings. The predicted molar refractivity (Wildman–Crippen MR) is 103 cm³/mol. The van der Waals surface area contributed by atoms with Crippen LogP contribution in [0.5, 0.6) is 5.75 Å². The van der Waals surface area contributed by atoms with Crippen LogP contribution in [-0.2, 0) is 24.9 Å². The first-order valence-corrected chi connectivity index (χ1v) is 8.61. The van der Waals surface area contributed by atoms with Crippen molar-refractivity contribution in [1.82, 2.24) is 9.78 Å². The van der Waals surface area contributed by atoms with Crippen molar-refractivity contribution in [2.45, 2.75) is 13.0 Å². The molecule has 0 amide bonds. The van der Waals surface area contributed by atoms with Crippen molar-refractivity contribution in [3.05, 3.63) is 82.1 Å². The molecule has 5 nitrogen and oxygen atoms in total. The lowest BCUT2D eigenvalue weighted by Crippen LogP contribution is -2.04. The largest absolute Gasteiger partial charge is 0.489 e. The van der Waals surface area contributed by atoms with Gasteiger partial charge in [0, 0.05) is 29.4 Å². The molecule has 0 aliphatic rings. The molecule has 3 rings (SSSR count). The number of ether oxygens (including phenoxy) is 1. The van der Waals surface area contributed by atoms with E-state index in [9.17, 15) is 4.79 Å². The van der Waals surface area contributed by atoms with Gasteiger partial charge in [-0.3, -0.25) is 9.48 Å². The van der Waals surface area contributed by atoms with Gasteiger partial charge >= 0.3 is 5.97 Å². The summed E-state index contributed by atoms with van der Waals surface area (Å²) in [6, 6.07) is 14.4. The second kappa shape index (κ2) is 8.43. The number of para-hydroxylation sites is 1. The van der Waals surface area contributed by atoms with Crippen molar-refractivity contribution < 1.29 is 14.6 Å². The zero-order chi connectivity index (χ0) is 19.2. The van der Waals surface area contributed by atoms with E-state index in [2.05, 4.69) is 16.9 Å². The van der Waals surface area contributed by atoms with E-state index in [0.717, 1.165) is 11.1 Å². The molecule has 0 radical (unpaired) electrons. The summed E-state index contributed by atoms with van der Waals surface area (Å²) in [6.45, 7) is 0.259. The first-order chi connectivity index (χ1) is 13.0. The highest BCUT2D eigenvalue weighted by molar-refractivity contribution is 6.30. The first kappa shape index (κ1) is 18.6. The molecule has 136 valence electrons. The quantitative estimate of drug-likeness (QED) is 0.686. The molecule has 2 aromatic carbocycles. The summed E-state index contributed by atoms with van der Waals surface area (Å²) >= 11 is 6.20. The summed E-state index contributed by atoms with van der Waals surface area (Å²) in [6.07, 6.45) is 1.74. The minimum Gasteiger partial charge on any atom is -0.489 e. The predicted octanol–water partition coefficient (Wildman–Crippen LogP) is 3.68. The van der Waals surface area contributed by atoms with E-state index < -0.39 is 5.97 Å². The van der Waals surface area contributed by atoms with Gasteiger partial charge in [0.1, 0.15) is 18.1 Å². The molecule has 0 aliphatic carbocycles. The van der Waals surface area contributed by atoms with E-state index in [-0.39, 0.29) is 13.0 Å². The van der Waals surface area contributed by atoms with Crippen LogP contribution in [0.15, 0.2) is 54.7 Å². The van der Waals surface area contributed by atoms with Crippen LogP contribution in [0.2, 0.25) is 5.02 Å². The Kier molecular flexibility index (Phi) is 5.80. The third-order valence-corrected chi connectivity index (χ3v) is 3.93. The monoisotopic (exact) mass is 380 g/mol. The molecule has 1 N–H and O–H groups in total. The maximum atomic E-state index is 11.0. The number of benzene rings is 2.